The second kappa shape index (κ2) is 6.60. The second-order valence-electron chi connectivity index (χ2n) is 4.16. The number of benzene rings is 2. The lowest BCUT2D eigenvalue weighted by molar-refractivity contribution is 0.0698. The van der Waals surface area contributed by atoms with E-state index < -0.39 is 5.97 Å². The molecule has 0 fully saturated rings. The molecule has 0 spiro atoms. The molecule has 0 saturated carbocycles. The third-order valence-corrected chi connectivity index (χ3v) is 2.71. The molecule has 1 radical (unpaired) electrons. The van der Waals surface area contributed by atoms with E-state index in [0.29, 0.717) is 11.0 Å². The van der Waals surface area contributed by atoms with E-state index in [1.54, 1.807) is 26.6 Å². The van der Waals surface area contributed by atoms with Crippen molar-refractivity contribution in [2.75, 3.05) is 7.05 Å². The zero-order chi connectivity index (χ0) is 14.4. The molecule has 0 aliphatic rings. The molecule has 4 heteroatoms. The van der Waals surface area contributed by atoms with Crippen molar-refractivity contribution in [2.24, 2.45) is 0 Å². The number of hydrogen-bond acceptors (Lipinski definition) is 2. The predicted molar refractivity (Wildman–Crippen MR) is 80.3 cm³/mol. The van der Waals surface area contributed by atoms with Crippen LogP contribution in [-0.2, 0) is 0 Å². The molecule has 20 heavy (non-hydrogen) atoms. The van der Waals surface area contributed by atoms with Gasteiger partial charge in [-0.2, -0.15) is 0 Å². The summed E-state index contributed by atoms with van der Waals surface area (Å²) in [5.41, 5.74) is 2.44. The van der Waals surface area contributed by atoms with Gasteiger partial charge in [-0.1, -0.05) is 41.6 Å². The number of carboxylic acid groups (broad SMARTS) is 1. The Bertz CT molecular complexity index is 672. The zero-order valence-corrected chi connectivity index (χ0v) is 11.1. The average Bonchev–Trinajstić information content (AvgIpc) is 2.47. The number of aromatic carboxylic acids is 1. The number of carbonyl (C=O) groups is 1. The van der Waals surface area contributed by atoms with E-state index in [-0.39, 0.29) is 5.56 Å². The van der Waals surface area contributed by atoms with E-state index in [1.807, 2.05) is 36.4 Å². The summed E-state index contributed by atoms with van der Waals surface area (Å²) < 4.78 is 0. The van der Waals surface area contributed by atoms with Crippen LogP contribution in [-0.4, -0.2) is 25.5 Å². The van der Waals surface area contributed by atoms with Gasteiger partial charge < -0.3 is 10.3 Å². The lowest BCUT2D eigenvalue weighted by Crippen LogP contribution is -2.31. The summed E-state index contributed by atoms with van der Waals surface area (Å²) in [7, 11) is 3.38. The minimum atomic E-state index is -0.963. The summed E-state index contributed by atoms with van der Waals surface area (Å²) in [5.74, 6) is 5.02. The Morgan fingerprint density at radius 3 is 2.45 bits per heavy atom. The lowest BCUT2D eigenvalue weighted by atomic mass is 9.79. The third-order valence-electron chi connectivity index (χ3n) is 2.71. The molecule has 2 rings (SSSR count). The van der Waals surface area contributed by atoms with Gasteiger partial charge in [-0.15, -0.1) is 0 Å². The lowest BCUT2D eigenvalue weighted by Gasteiger charge is -2.04. The Morgan fingerprint density at radius 1 is 1.10 bits per heavy atom. The molecule has 3 nitrogen and oxygen atoms in total. The van der Waals surface area contributed by atoms with Crippen molar-refractivity contribution in [1.82, 2.24) is 5.23 Å². The summed E-state index contributed by atoms with van der Waals surface area (Å²) in [4.78, 5) is 11.2. The first-order valence-corrected chi connectivity index (χ1v) is 6.15. The molecule has 2 aromatic carbocycles. The molecule has 0 atom stereocenters. The molecular formula is C16H13BNO2. The maximum atomic E-state index is 11.2. The normalized spacial score (nSPS) is 9.45. The van der Waals surface area contributed by atoms with Gasteiger partial charge in [-0.25, -0.2) is 4.79 Å². The van der Waals surface area contributed by atoms with Crippen LogP contribution < -0.4 is 10.7 Å². The predicted octanol–water partition coefficient (Wildman–Crippen LogP) is 1.25. The Hall–Kier alpha value is -2.51. The van der Waals surface area contributed by atoms with Gasteiger partial charge >= 0.3 is 5.97 Å². The molecule has 0 aliphatic heterocycles. The SMILES string of the molecule is CN[B]c1ccc(C#Cc2ccccc2)cc1C(=O)O. The Kier molecular flexibility index (Phi) is 4.59. The molecule has 0 unspecified atom stereocenters. The van der Waals surface area contributed by atoms with Gasteiger partial charge in [-0.05, 0) is 31.3 Å². The fourth-order valence-corrected chi connectivity index (χ4v) is 1.77. The fraction of sp³-hybridized carbons (Fsp3) is 0.0625. The summed E-state index contributed by atoms with van der Waals surface area (Å²) in [6, 6.07) is 14.7. The maximum Gasteiger partial charge on any atom is 0.335 e. The van der Waals surface area contributed by atoms with Gasteiger partial charge in [0.15, 0.2) is 0 Å². The van der Waals surface area contributed by atoms with Gasteiger partial charge in [-0.3, -0.25) is 0 Å². The fourth-order valence-electron chi connectivity index (χ4n) is 1.77. The number of hydrogen-bond donors (Lipinski definition) is 2. The molecular weight excluding hydrogens is 249 g/mol. The highest BCUT2D eigenvalue weighted by Gasteiger charge is 2.10. The van der Waals surface area contributed by atoms with Crippen molar-refractivity contribution < 1.29 is 9.90 Å². The van der Waals surface area contributed by atoms with E-state index in [4.69, 9.17) is 0 Å². The smallest absolute Gasteiger partial charge is 0.335 e. The van der Waals surface area contributed by atoms with E-state index in [1.165, 1.54) is 0 Å². The molecule has 0 aromatic heterocycles. The van der Waals surface area contributed by atoms with Gasteiger partial charge in [0, 0.05) is 11.1 Å². The van der Waals surface area contributed by atoms with Crippen molar-refractivity contribution in [2.45, 2.75) is 0 Å². The standard InChI is InChI=1S/C16H13BNO2/c1-18-17-15-10-9-13(11-14(15)16(19)20)8-7-12-5-3-2-4-6-12/h2-6,9-11,18H,1H3,(H,19,20). The van der Waals surface area contributed by atoms with Crippen LogP contribution in [0, 0.1) is 11.8 Å². The molecule has 2 N–H and O–H groups in total. The summed E-state index contributed by atoms with van der Waals surface area (Å²) in [6.45, 7) is 0. The third kappa shape index (κ3) is 3.50. The number of nitrogens with one attached hydrogen (secondary N) is 1. The highest BCUT2D eigenvalue weighted by atomic mass is 16.4. The van der Waals surface area contributed by atoms with Crippen molar-refractivity contribution in [1.29, 1.82) is 0 Å². The largest absolute Gasteiger partial charge is 0.478 e. The van der Waals surface area contributed by atoms with E-state index in [0.717, 1.165) is 5.56 Å². The summed E-state index contributed by atoms with van der Waals surface area (Å²) in [6.07, 6.45) is 0. The van der Waals surface area contributed by atoms with Crippen LogP contribution in [0.5, 0.6) is 0 Å². The van der Waals surface area contributed by atoms with Crippen LogP contribution in [0.4, 0.5) is 0 Å². The number of carboxylic acids is 1. The highest BCUT2D eigenvalue weighted by molar-refractivity contribution is 6.52. The van der Waals surface area contributed by atoms with Crippen LogP contribution in [0.3, 0.4) is 0 Å². The van der Waals surface area contributed by atoms with Crippen molar-refractivity contribution >= 4 is 18.8 Å². The van der Waals surface area contributed by atoms with Crippen molar-refractivity contribution in [3.05, 3.63) is 65.2 Å². The molecule has 0 saturated heterocycles. The highest BCUT2D eigenvalue weighted by Crippen LogP contribution is 2.03. The second-order valence-corrected chi connectivity index (χ2v) is 4.16. The van der Waals surface area contributed by atoms with Crippen LogP contribution >= 0.6 is 0 Å². The summed E-state index contributed by atoms with van der Waals surface area (Å²) in [5, 5.41) is 12.0. The molecule has 0 amide bonds. The van der Waals surface area contributed by atoms with Crippen LogP contribution in [0.2, 0.25) is 0 Å². The number of rotatable bonds is 3. The van der Waals surface area contributed by atoms with Crippen LogP contribution in [0.1, 0.15) is 21.5 Å². The van der Waals surface area contributed by atoms with Gasteiger partial charge in [0.25, 0.3) is 0 Å². The quantitative estimate of drug-likeness (QED) is 0.646. The average molecular weight is 262 g/mol. The first-order valence-electron chi connectivity index (χ1n) is 6.15. The van der Waals surface area contributed by atoms with E-state index >= 15 is 0 Å². The molecule has 97 valence electrons. The van der Waals surface area contributed by atoms with E-state index in [2.05, 4.69) is 17.1 Å². The Morgan fingerprint density at radius 2 is 1.80 bits per heavy atom. The Balaban J connectivity index is 2.33. The van der Waals surface area contributed by atoms with Crippen LogP contribution in [0.25, 0.3) is 0 Å². The molecule has 2 aromatic rings. The molecule has 0 heterocycles. The van der Waals surface area contributed by atoms with Crippen LogP contribution in [0.15, 0.2) is 48.5 Å². The van der Waals surface area contributed by atoms with Crippen molar-refractivity contribution in [3.8, 4) is 11.8 Å². The van der Waals surface area contributed by atoms with Gasteiger partial charge in [0.05, 0.1) is 5.56 Å². The topological polar surface area (TPSA) is 49.3 Å². The first-order chi connectivity index (χ1) is 9.70. The minimum absolute atomic E-state index is 0.235. The zero-order valence-electron chi connectivity index (χ0n) is 11.1. The Labute approximate surface area is 118 Å². The van der Waals surface area contributed by atoms with Gasteiger partial charge in [0.1, 0.15) is 0 Å². The maximum absolute atomic E-state index is 11.2. The van der Waals surface area contributed by atoms with E-state index in [9.17, 15) is 9.90 Å². The first kappa shape index (κ1) is 13.9. The molecule has 0 bridgehead atoms. The monoisotopic (exact) mass is 262 g/mol. The molecule has 0 aliphatic carbocycles. The van der Waals surface area contributed by atoms with Crippen molar-refractivity contribution in [3.63, 3.8) is 0 Å². The summed E-state index contributed by atoms with van der Waals surface area (Å²) >= 11 is 0. The minimum Gasteiger partial charge on any atom is -0.478 e. The van der Waals surface area contributed by atoms with Gasteiger partial charge in [0.2, 0.25) is 7.41 Å².